The van der Waals surface area contributed by atoms with Crippen LogP contribution in [-0.4, -0.2) is 11.1 Å². The molecule has 0 atom stereocenters. The fourth-order valence-corrected chi connectivity index (χ4v) is 0.638. The molecule has 1 amide bonds. The summed E-state index contributed by atoms with van der Waals surface area (Å²) in [6.07, 6.45) is 4.35. The van der Waals surface area contributed by atoms with Crippen LogP contribution in [0.2, 0.25) is 0 Å². The highest BCUT2D eigenvalue weighted by Crippen LogP contribution is 2.06. The van der Waals surface area contributed by atoms with Crippen LogP contribution in [-0.2, 0) is 4.79 Å². The molecule has 0 saturated heterocycles. The van der Waals surface area contributed by atoms with Crippen molar-refractivity contribution < 1.29 is 9.32 Å². The molecular formula is C7H8N2O2. The standard InChI is InChI=1S/C7H8N2O2/c1-5-6(4-9-11-5)2-3-7(8)10/h2-4H,1H3,(H2,8,10). The summed E-state index contributed by atoms with van der Waals surface area (Å²) in [6, 6.07) is 0. The van der Waals surface area contributed by atoms with Gasteiger partial charge in [-0.3, -0.25) is 4.79 Å². The van der Waals surface area contributed by atoms with E-state index in [1.54, 1.807) is 13.0 Å². The SMILES string of the molecule is Cc1oncc1C=CC(N)=O. The molecular weight excluding hydrogens is 144 g/mol. The van der Waals surface area contributed by atoms with E-state index in [9.17, 15) is 4.79 Å². The first kappa shape index (κ1) is 7.53. The molecule has 1 aromatic heterocycles. The van der Waals surface area contributed by atoms with Crippen LogP contribution in [0.4, 0.5) is 0 Å². The van der Waals surface area contributed by atoms with Gasteiger partial charge in [-0.15, -0.1) is 0 Å². The third kappa shape index (κ3) is 1.93. The van der Waals surface area contributed by atoms with E-state index in [2.05, 4.69) is 5.16 Å². The van der Waals surface area contributed by atoms with E-state index in [0.717, 1.165) is 5.56 Å². The van der Waals surface area contributed by atoms with Crippen LogP contribution in [0.15, 0.2) is 16.8 Å². The van der Waals surface area contributed by atoms with Gasteiger partial charge in [-0.05, 0) is 13.0 Å². The molecule has 1 rings (SSSR count). The molecule has 0 unspecified atom stereocenters. The highest BCUT2D eigenvalue weighted by Gasteiger charge is 1.97. The zero-order valence-corrected chi connectivity index (χ0v) is 6.07. The number of carbonyl (C=O) groups is 1. The molecule has 0 radical (unpaired) electrons. The lowest BCUT2D eigenvalue weighted by atomic mass is 10.2. The Morgan fingerprint density at radius 2 is 2.55 bits per heavy atom. The first-order chi connectivity index (χ1) is 5.20. The smallest absolute Gasteiger partial charge is 0.241 e. The second-order valence-electron chi connectivity index (χ2n) is 2.07. The van der Waals surface area contributed by atoms with E-state index in [1.165, 1.54) is 12.3 Å². The van der Waals surface area contributed by atoms with E-state index in [4.69, 9.17) is 10.3 Å². The molecule has 0 aromatic carbocycles. The third-order valence-corrected chi connectivity index (χ3v) is 1.22. The molecule has 4 heteroatoms. The van der Waals surface area contributed by atoms with Gasteiger partial charge in [0.15, 0.2) is 0 Å². The maximum absolute atomic E-state index is 10.3. The van der Waals surface area contributed by atoms with Gasteiger partial charge < -0.3 is 10.3 Å². The van der Waals surface area contributed by atoms with Gasteiger partial charge in [-0.1, -0.05) is 5.16 Å². The molecule has 4 nitrogen and oxygen atoms in total. The van der Waals surface area contributed by atoms with E-state index in [1.807, 2.05) is 0 Å². The number of hydrogen-bond acceptors (Lipinski definition) is 3. The lowest BCUT2D eigenvalue weighted by Gasteiger charge is -1.83. The molecule has 0 aliphatic carbocycles. The van der Waals surface area contributed by atoms with Gasteiger partial charge in [-0.2, -0.15) is 0 Å². The average Bonchev–Trinajstić information content (AvgIpc) is 2.31. The van der Waals surface area contributed by atoms with E-state index < -0.39 is 5.91 Å². The largest absolute Gasteiger partial charge is 0.366 e. The zero-order valence-electron chi connectivity index (χ0n) is 6.07. The van der Waals surface area contributed by atoms with E-state index >= 15 is 0 Å². The highest BCUT2D eigenvalue weighted by atomic mass is 16.5. The summed E-state index contributed by atoms with van der Waals surface area (Å²) in [4.78, 5) is 10.3. The van der Waals surface area contributed by atoms with Crippen molar-refractivity contribution in [3.05, 3.63) is 23.6 Å². The van der Waals surface area contributed by atoms with Crippen LogP contribution in [0, 0.1) is 6.92 Å². The van der Waals surface area contributed by atoms with Crippen molar-refractivity contribution in [2.45, 2.75) is 6.92 Å². The lowest BCUT2D eigenvalue weighted by Crippen LogP contribution is -2.05. The van der Waals surface area contributed by atoms with Crippen molar-refractivity contribution >= 4 is 12.0 Å². The fraction of sp³-hybridized carbons (Fsp3) is 0.143. The molecule has 0 aliphatic rings. The Labute approximate surface area is 63.7 Å². The second kappa shape index (κ2) is 3.01. The third-order valence-electron chi connectivity index (χ3n) is 1.22. The molecule has 0 aliphatic heterocycles. The van der Waals surface area contributed by atoms with Crippen LogP contribution in [0.1, 0.15) is 11.3 Å². The maximum atomic E-state index is 10.3. The van der Waals surface area contributed by atoms with Crippen molar-refractivity contribution in [2.24, 2.45) is 5.73 Å². The highest BCUT2D eigenvalue weighted by molar-refractivity contribution is 5.90. The first-order valence-electron chi connectivity index (χ1n) is 3.09. The van der Waals surface area contributed by atoms with Crippen molar-refractivity contribution in [1.82, 2.24) is 5.16 Å². The normalized spacial score (nSPS) is 10.6. The summed E-state index contributed by atoms with van der Waals surface area (Å²) < 4.78 is 4.74. The summed E-state index contributed by atoms with van der Waals surface area (Å²) in [5, 5.41) is 3.52. The number of aryl methyl sites for hydroxylation is 1. The quantitative estimate of drug-likeness (QED) is 0.626. The Kier molecular flexibility index (Phi) is 2.06. The molecule has 58 valence electrons. The summed E-state index contributed by atoms with van der Waals surface area (Å²) in [5.74, 6) is 0.188. The molecule has 1 heterocycles. The summed E-state index contributed by atoms with van der Waals surface area (Å²) in [6.45, 7) is 1.76. The van der Waals surface area contributed by atoms with Crippen LogP contribution >= 0.6 is 0 Å². The second-order valence-corrected chi connectivity index (χ2v) is 2.07. The summed E-state index contributed by atoms with van der Waals surface area (Å²) in [7, 11) is 0. The molecule has 0 fully saturated rings. The van der Waals surface area contributed by atoms with Crippen molar-refractivity contribution in [3.8, 4) is 0 Å². The number of aromatic nitrogens is 1. The Morgan fingerprint density at radius 3 is 3.00 bits per heavy atom. The number of nitrogens with two attached hydrogens (primary N) is 1. The van der Waals surface area contributed by atoms with Crippen molar-refractivity contribution in [3.63, 3.8) is 0 Å². The number of primary amides is 1. The minimum absolute atomic E-state index is 0.481. The number of carbonyl (C=O) groups excluding carboxylic acids is 1. The van der Waals surface area contributed by atoms with Gasteiger partial charge in [-0.25, -0.2) is 0 Å². The monoisotopic (exact) mass is 152 g/mol. The predicted molar refractivity (Wildman–Crippen MR) is 39.5 cm³/mol. The lowest BCUT2D eigenvalue weighted by molar-refractivity contribution is -0.113. The van der Waals surface area contributed by atoms with Crippen LogP contribution in [0.5, 0.6) is 0 Å². The summed E-state index contributed by atoms with van der Waals surface area (Å²) in [5.41, 5.74) is 5.65. The fourth-order valence-electron chi connectivity index (χ4n) is 0.638. The number of nitrogens with zero attached hydrogens (tertiary/aromatic N) is 1. The topological polar surface area (TPSA) is 69.1 Å². The summed E-state index contributed by atoms with van der Waals surface area (Å²) >= 11 is 0. The van der Waals surface area contributed by atoms with Crippen molar-refractivity contribution in [1.29, 1.82) is 0 Å². The van der Waals surface area contributed by atoms with Gasteiger partial charge in [0.05, 0.1) is 6.20 Å². The van der Waals surface area contributed by atoms with Crippen LogP contribution in [0.25, 0.3) is 6.08 Å². The predicted octanol–water partition coefficient (Wildman–Crippen LogP) is 0.482. The number of rotatable bonds is 2. The molecule has 1 aromatic rings. The van der Waals surface area contributed by atoms with E-state index in [0.29, 0.717) is 5.76 Å². The Morgan fingerprint density at radius 1 is 1.82 bits per heavy atom. The van der Waals surface area contributed by atoms with Gasteiger partial charge in [0.2, 0.25) is 5.91 Å². The molecule has 0 saturated carbocycles. The van der Waals surface area contributed by atoms with Crippen LogP contribution < -0.4 is 5.73 Å². The average molecular weight is 152 g/mol. The molecule has 0 bridgehead atoms. The minimum atomic E-state index is -0.481. The zero-order chi connectivity index (χ0) is 8.27. The van der Waals surface area contributed by atoms with Gasteiger partial charge >= 0.3 is 0 Å². The van der Waals surface area contributed by atoms with E-state index in [-0.39, 0.29) is 0 Å². The van der Waals surface area contributed by atoms with Gasteiger partial charge in [0, 0.05) is 11.6 Å². The molecule has 0 spiro atoms. The number of hydrogen-bond donors (Lipinski definition) is 1. The number of amides is 1. The maximum Gasteiger partial charge on any atom is 0.241 e. The minimum Gasteiger partial charge on any atom is -0.366 e. The molecule has 2 N–H and O–H groups in total. The van der Waals surface area contributed by atoms with Crippen LogP contribution in [0.3, 0.4) is 0 Å². The first-order valence-corrected chi connectivity index (χ1v) is 3.09. The van der Waals surface area contributed by atoms with Gasteiger partial charge in [0.1, 0.15) is 5.76 Å². The Hall–Kier alpha value is -1.58. The Balaban J connectivity index is 2.79. The Bertz CT molecular complexity index is 288. The van der Waals surface area contributed by atoms with Crippen molar-refractivity contribution in [2.75, 3.05) is 0 Å². The molecule has 11 heavy (non-hydrogen) atoms. The van der Waals surface area contributed by atoms with Gasteiger partial charge in [0.25, 0.3) is 0 Å².